The molecule has 0 aliphatic rings. The number of carboxylic acid groups (broad SMARTS) is 1. The van der Waals surface area contributed by atoms with Crippen molar-refractivity contribution in [2.75, 3.05) is 0 Å². The molecule has 0 saturated carbocycles. The van der Waals surface area contributed by atoms with Crippen LogP contribution in [0.25, 0.3) is 0 Å². The lowest BCUT2D eigenvalue weighted by Gasteiger charge is -2.21. The van der Waals surface area contributed by atoms with Gasteiger partial charge in [0.2, 0.25) is 5.91 Å². The van der Waals surface area contributed by atoms with Crippen LogP contribution in [0.5, 0.6) is 5.75 Å². The van der Waals surface area contributed by atoms with Crippen molar-refractivity contribution in [3.8, 4) is 5.75 Å². The Balaban J connectivity index is 2.77. The van der Waals surface area contributed by atoms with Gasteiger partial charge in [0.25, 0.3) is 0 Å². The van der Waals surface area contributed by atoms with E-state index in [-0.39, 0.29) is 12.1 Å². The van der Waals surface area contributed by atoms with Crippen LogP contribution in [-0.2, 0) is 9.59 Å². The summed E-state index contributed by atoms with van der Waals surface area (Å²) in [6.45, 7) is 5.64. The third-order valence-corrected chi connectivity index (χ3v) is 2.84. The van der Waals surface area contributed by atoms with E-state index in [9.17, 15) is 9.59 Å². The Morgan fingerprint density at radius 2 is 1.90 bits per heavy atom. The molecule has 1 aromatic carbocycles. The average molecular weight is 294 g/mol. The maximum Gasteiger partial charge on any atom is 0.305 e. The smallest absolute Gasteiger partial charge is 0.305 e. The number of nitrogens with one attached hydrogen (secondary N) is 1. The molecule has 6 nitrogen and oxygen atoms in total. The molecule has 6 heteroatoms. The molecule has 0 aliphatic heterocycles. The van der Waals surface area contributed by atoms with E-state index in [4.69, 9.17) is 15.6 Å². The Kier molecular flexibility index (Phi) is 6.17. The van der Waals surface area contributed by atoms with E-state index in [1.807, 2.05) is 38.1 Å². The molecule has 0 radical (unpaired) electrons. The SMILES string of the molecule is CC(C)Oc1ccccc1C(C)NC(=O)C(N)CC(=O)O. The van der Waals surface area contributed by atoms with Crippen LogP contribution >= 0.6 is 0 Å². The standard InChI is InChI=1S/C15H22N2O4/c1-9(2)21-13-7-5-4-6-11(13)10(3)17-15(20)12(16)8-14(18)19/h4-7,9-10,12H,8,16H2,1-3H3,(H,17,20)(H,18,19). The Hall–Kier alpha value is -2.08. The molecule has 1 rings (SSSR count). The highest BCUT2D eigenvalue weighted by Crippen LogP contribution is 2.25. The lowest BCUT2D eigenvalue weighted by molar-refractivity contribution is -0.139. The first-order valence-corrected chi connectivity index (χ1v) is 6.84. The van der Waals surface area contributed by atoms with Gasteiger partial charge in [0.1, 0.15) is 5.75 Å². The highest BCUT2D eigenvalue weighted by Gasteiger charge is 2.20. The molecule has 1 aromatic rings. The van der Waals surface area contributed by atoms with Gasteiger partial charge in [0.05, 0.1) is 24.6 Å². The molecule has 116 valence electrons. The van der Waals surface area contributed by atoms with Gasteiger partial charge < -0.3 is 20.9 Å². The highest BCUT2D eigenvalue weighted by molar-refractivity contribution is 5.86. The van der Waals surface area contributed by atoms with E-state index in [0.717, 1.165) is 5.56 Å². The zero-order valence-corrected chi connectivity index (χ0v) is 12.5. The third-order valence-electron chi connectivity index (χ3n) is 2.84. The van der Waals surface area contributed by atoms with E-state index in [1.165, 1.54) is 0 Å². The van der Waals surface area contributed by atoms with Gasteiger partial charge in [-0.3, -0.25) is 9.59 Å². The number of hydrogen-bond acceptors (Lipinski definition) is 4. The zero-order chi connectivity index (χ0) is 16.0. The van der Waals surface area contributed by atoms with Crippen molar-refractivity contribution in [3.63, 3.8) is 0 Å². The summed E-state index contributed by atoms with van der Waals surface area (Å²) >= 11 is 0. The van der Waals surface area contributed by atoms with Crippen molar-refractivity contribution in [1.82, 2.24) is 5.32 Å². The maximum absolute atomic E-state index is 11.9. The number of para-hydroxylation sites is 1. The van der Waals surface area contributed by atoms with Crippen molar-refractivity contribution in [1.29, 1.82) is 0 Å². The van der Waals surface area contributed by atoms with Crippen LogP contribution in [0, 0.1) is 0 Å². The Labute approximate surface area is 124 Å². The highest BCUT2D eigenvalue weighted by atomic mass is 16.5. The quantitative estimate of drug-likeness (QED) is 0.706. The van der Waals surface area contributed by atoms with Crippen LogP contribution in [0.4, 0.5) is 0 Å². The van der Waals surface area contributed by atoms with Crippen molar-refractivity contribution in [3.05, 3.63) is 29.8 Å². The molecule has 21 heavy (non-hydrogen) atoms. The first-order valence-electron chi connectivity index (χ1n) is 6.84. The number of hydrogen-bond donors (Lipinski definition) is 3. The predicted octanol–water partition coefficient (Wildman–Crippen LogP) is 1.45. The maximum atomic E-state index is 11.9. The fraction of sp³-hybridized carbons (Fsp3) is 0.467. The fourth-order valence-corrected chi connectivity index (χ4v) is 1.88. The summed E-state index contributed by atoms with van der Waals surface area (Å²) in [6, 6.07) is 5.99. The van der Waals surface area contributed by atoms with Gasteiger partial charge in [-0.25, -0.2) is 0 Å². The third kappa shape index (κ3) is 5.43. The minimum Gasteiger partial charge on any atom is -0.491 e. The van der Waals surface area contributed by atoms with Crippen molar-refractivity contribution in [2.45, 2.75) is 45.4 Å². The number of carboxylic acids is 1. The molecule has 0 spiro atoms. The molecule has 1 amide bonds. The summed E-state index contributed by atoms with van der Waals surface area (Å²) in [5.41, 5.74) is 6.36. The van der Waals surface area contributed by atoms with Gasteiger partial charge in [-0.15, -0.1) is 0 Å². The van der Waals surface area contributed by atoms with E-state index < -0.39 is 24.3 Å². The summed E-state index contributed by atoms with van der Waals surface area (Å²) in [7, 11) is 0. The number of nitrogens with two attached hydrogens (primary N) is 1. The summed E-state index contributed by atoms with van der Waals surface area (Å²) in [4.78, 5) is 22.4. The molecule has 0 saturated heterocycles. The summed E-state index contributed by atoms with van der Waals surface area (Å²) in [6.07, 6.45) is -0.383. The summed E-state index contributed by atoms with van der Waals surface area (Å²) < 4.78 is 5.70. The van der Waals surface area contributed by atoms with E-state index in [1.54, 1.807) is 6.92 Å². The fourth-order valence-electron chi connectivity index (χ4n) is 1.88. The molecule has 0 aliphatic carbocycles. The van der Waals surface area contributed by atoms with Crippen LogP contribution in [0.3, 0.4) is 0 Å². The van der Waals surface area contributed by atoms with E-state index >= 15 is 0 Å². The second kappa shape index (κ2) is 7.64. The minimum absolute atomic E-state index is 0.0170. The molecule has 0 heterocycles. The average Bonchev–Trinajstić information content (AvgIpc) is 2.37. The lowest BCUT2D eigenvalue weighted by Crippen LogP contribution is -2.42. The number of rotatable bonds is 7. The first-order chi connectivity index (χ1) is 9.81. The van der Waals surface area contributed by atoms with Crippen LogP contribution in [0.1, 0.15) is 38.8 Å². The van der Waals surface area contributed by atoms with Crippen LogP contribution in [-0.4, -0.2) is 29.1 Å². The lowest BCUT2D eigenvalue weighted by atomic mass is 10.1. The van der Waals surface area contributed by atoms with Crippen LogP contribution in [0.15, 0.2) is 24.3 Å². The molecule has 0 bridgehead atoms. The predicted molar refractivity (Wildman–Crippen MR) is 79.0 cm³/mol. The molecular formula is C15H22N2O4. The van der Waals surface area contributed by atoms with Gasteiger partial charge in [-0.2, -0.15) is 0 Å². The summed E-state index contributed by atoms with van der Waals surface area (Å²) in [5.74, 6) is -0.912. The second-order valence-corrected chi connectivity index (χ2v) is 5.14. The Morgan fingerprint density at radius 1 is 1.29 bits per heavy atom. The second-order valence-electron chi connectivity index (χ2n) is 5.14. The van der Waals surface area contributed by atoms with Gasteiger partial charge in [-0.1, -0.05) is 18.2 Å². The normalized spacial score (nSPS) is 13.6. The van der Waals surface area contributed by atoms with Crippen molar-refractivity contribution < 1.29 is 19.4 Å². The summed E-state index contributed by atoms with van der Waals surface area (Å²) in [5, 5.41) is 11.4. The Bertz CT molecular complexity index is 502. The zero-order valence-electron chi connectivity index (χ0n) is 12.5. The number of carbonyl (C=O) groups excluding carboxylic acids is 1. The first kappa shape index (κ1) is 17.0. The van der Waals surface area contributed by atoms with Gasteiger partial charge in [0, 0.05) is 5.56 Å². The number of aliphatic carboxylic acids is 1. The number of benzene rings is 1. The van der Waals surface area contributed by atoms with Gasteiger partial charge in [-0.05, 0) is 26.8 Å². The molecule has 0 aromatic heterocycles. The molecule has 2 atom stereocenters. The minimum atomic E-state index is -1.10. The van der Waals surface area contributed by atoms with E-state index in [0.29, 0.717) is 5.75 Å². The topological polar surface area (TPSA) is 102 Å². The molecular weight excluding hydrogens is 272 g/mol. The van der Waals surface area contributed by atoms with E-state index in [2.05, 4.69) is 5.32 Å². The van der Waals surface area contributed by atoms with Gasteiger partial charge in [0.15, 0.2) is 0 Å². The Morgan fingerprint density at radius 3 is 2.48 bits per heavy atom. The molecule has 2 unspecified atom stereocenters. The van der Waals surface area contributed by atoms with Crippen molar-refractivity contribution >= 4 is 11.9 Å². The largest absolute Gasteiger partial charge is 0.491 e. The van der Waals surface area contributed by atoms with Gasteiger partial charge >= 0.3 is 5.97 Å². The molecule has 0 fully saturated rings. The molecule has 4 N–H and O–H groups in total. The van der Waals surface area contributed by atoms with Crippen LogP contribution in [0.2, 0.25) is 0 Å². The number of amides is 1. The van der Waals surface area contributed by atoms with Crippen LogP contribution < -0.4 is 15.8 Å². The number of ether oxygens (including phenoxy) is 1. The van der Waals surface area contributed by atoms with Crippen molar-refractivity contribution in [2.24, 2.45) is 5.73 Å². The monoisotopic (exact) mass is 294 g/mol. The number of carbonyl (C=O) groups is 2.